The van der Waals surface area contributed by atoms with E-state index in [0.717, 1.165) is 30.4 Å². The smallest absolute Gasteiger partial charge is 0.253 e. The summed E-state index contributed by atoms with van der Waals surface area (Å²) in [5.41, 5.74) is 0.888. The number of hydrogen-bond donors (Lipinski definition) is 1. The van der Waals surface area contributed by atoms with E-state index in [-0.39, 0.29) is 11.5 Å². The molecule has 0 aliphatic heterocycles. The molecule has 2 amide bonds. The van der Waals surface area contributed by atoms with Crippen LogP contribution in [-0.4, -0.2) is 35.6 Å². The van der Waals surface area contributed by atoms with E-state index in [1.807, 2.05) is 13.8 Å². The van der Waals surface area contributed by atoms with Crippen molar-refractivity contribution in [3.05, 3.63) is 77.4 Å². The van der Waals surface area contributed by atoms with Crippen molar-refractivity contribution in [1.29, 1.82) is 0 Å². The number of rotatable bonds is 7. The van der Waals surface area contributed by atoms with Crippen LogP contribution in [0.25, 0.3) is 0 Å². The minimum Gasteiger partial charge on any atom is -0.339 e. The molecule has 0 saturated heterocycles. The summed E-state index contributed by atoms with van der Waals surface area (Å²) in [7, 11) is 0. The Kier molecular flexibility index (Phi) is 7.14. The van der Waals surface area contributed by atoms with Crippen molar-refractivity contribution in [2.45, 2.75) is 13.8 Å². The lowest BCUT2D eigenvalue weighted by atomic mass is 10.1. The Morgan fingerprint density at radius 2 is 1.50 bits per heavy atom. The quantitative estimate of drug-likeness (QED) is 0.581. The zero-order chi connectivity index (χ0) is 20.7. The Balaban J connectivity index is 1.98. The molecule has 0 heterocycles. The number of benzene rings is 2. The molecular formula is C21H20F2N2O3. The number of amides is 2. The molecule has 2 rings (SSSR count). The Hall–Kier alpha value is -3.35. The van der Waals surface area contributed by atoms with Gasteiger partial charge in [0.1, 0.15) is 0 Å². The van der Waals surface area contributed by atoms with Gasteiger partial charge in [-0.1, -0.05) is 0 Å². The van der Waals surface area contributed by atoms with Gasteiger partial charge in [0, 0.05) is 36.0 Å². The van der Waals surface area contributed by atoms with Gasteiger partial charge < -0.3 is 10.2 Å². The summed E-state index contributed by atoms with van der Waals surface area (Å²) in [4.78, 5) is 37.8. The third-order valence-corrected chi connectivity index (χ3v) is 4.04. The Morgan fingerprint density at radius 3 is 2.07 bits per heavy atom. The van der Waals surface area contributed by atoms with E-state index in [1.165, 1.54) is 0 Å². The van der Waals surface area contributed by atoms with E-state index in [4.69, 9.17) is 0 Å². The highest BCUT2D eigenvalue weighted by Crippen LogP contribution is 2.12. The van der Waals surface area contributed by atoms with Gasteiger partial charge >= 0.3 is 0 Å². The minimum absolute atomic E-state index is 0.0674. The SMILES string of the molecule is CCN(CC)C(=O)c1ccc(NC(=O)/C=C/C(=O)c2ccc(F)c(F)c2)cc1. The van der Waals surface area contributed by atoms with Crippen LogP contribution in [0.3, 0.4) is 0 Å². The monoisotopic (exact) mass is 386 g/mol. The molecule has 0 radical (unpaired) electrons. The first kappa shape index (κ1) is 21.0. The Morgan fingerprint density at radius 1 is 0.893 bits per heavy atom. The molecule has 146 valence electrons. The van der Waals surface area contributed by atoms with E-state index >= 15 is 0 Å². The molecule has 7 heteroatoms. The fourth-order valence-corrected chi connectivity index (χ4v) is 2.47. The maximum atomic E-state index is 13.2. The van der Waals surface area contributed by atoms with Gasteiger partial charge in [0.2, 0.25) is 5.91 Å². The normalized spacial score (nSPS) is 10.7. The van der Waals surface area contributed by atoms with Gasteiger partial charge in [-0.2, -0.15) is 0 Å². The van der Waals surface area contributed by atoms with Gasteiger partial charge in [-0.15, -0.1) is 0 Å². The van der Waals surface area contributed by atoms with E-state index < -0.39 is 23.3 Å². The molecule has 0 unspecified atom stereocenters. The summed E-state index contributed by atoms with van der Waals surface area (Å²) in [6, 6.07) is 9.12. The first-order valence-electron chi connectivity index (χ1n) is 8.73. The maximum Gasteiger partial charge on any atom is 0.253 e. The van der Waals surface area contributed by atoms with Crippen LogP contribution >= 0.6 is 0 Å². The molecule has 0 aromatic heterocycles. The number of halogens is 2. The molecule has 0 aliphatic rings. The first-order chi connectivity index (χ1) is 13.3. The van der Waals surface area contributed by atoms with Gasteiger partial charge in [0.25, 0.3) is 5.91 Å². The fraction of sp³-hybridized carbons (Fsp3) is 0.190. The van der Waals surface area contributed by atoms with Crippen LogP contribution in [0.15, 0.2) is 54.6 Å². The summed E-state index contributed by atoms with van der Waals surface area (Å²) < 4.78 is 26.0. The maximum absolute atomic E-state index is 13.2. The zero-order valence-corrected chi connectivity index (χ0v) is 15.5. The fourth-order valence-electron chi connectivity index (χ4n) is 2.47. The lowest BCUT2D eigenvalue weighted by Crippen LogP contribution is -2.30. The number of carbonyl (C=O) groups excluding carboxylic acids is 3. The lowest BCUT2D eigenvalue weighted by Gasteiger charge is -2.18. The molecule has 0 atom stereocenters. The van der Waals surface area contributed by atoms with Crippen molar-refractivity contribution in [2.75, 3.05) is 18.4 Å². The predicted octanol–water partition coefficient (Wildman–Crippen LogP) is 3.82. The summed E-state index contributed by atoms with van der Waals surface area (Å²) >= 11 is 0. The lowest BCUT2D eigenvalue weighted by molar-refractivity contribution is -0.111. The summed E-state index contributed by atoms with van der Waals surface area (Å²) in [5, 5.41) is 2.56. The predicted molar refractivity (Wildman–Crippen MR) is 102 cm³/mol. The number of allylic oxidation sites excluding steroid dienone is 1. The van der Waals surface area contributed by atoms with Gasteiger partial charge in [0.15, 0.2) is 17.4 Å². The van der Waals surface area contributed by atoms with Crippen LogP contribution in [0, 0.1) is 11.6 Å². The third kappa shape index (κ3) is 5.33. The number of hydrogen-bond acceptors (Lipinski definition) is 3. The topological polar surface area (TPSA) is 66.5 Å². The highest BCUT2D eigenvalue weighted by atomic mass is 19.2. The average molecular weight is 386 g/mol. The first-order valence-corrected chi connectivity index (χ1v) is 8.73. The number of ketones is 1. The van der Waals surface area contributed by atoms with Crippen molar-refractivity contribution in [2.24, 2.45) is 0 Å². The molecular weight excluding hydrogens is 366 g/mol. The Labute approximate surface area is 161 Å². The second-order valence-corrected chi connectivity index (χ2v) is 5.87. The van der Waals surface area contributed by atoms with Gasteiger partial charge in [-0.05, 0) is 62.4 Å². The molecule has 1 N–H and O–H groups in total. The van der Waals surface area contributed by atoms with Crippen LogP contribution in [-0.2, 0) is 4.79 Å². The molecule has 0 saturated carbocycles. The van der Waals surface area contributed by atoms with E-state index in [0.29, 0.717) is 24.3 Å². The largest absolute Gasteiger partial charge is 0.339 e. The van der Waals surface area contributed by atoms with Gasteiger partial charge in [0.05, 0.1) is 0 Å². The van der Waals surface area contributed by atoms with Gasteiger partial charge in [-0.3, -0.25) is 14.4 Å². The van der Waals surface area contributed by atoms with Crippen molar-refractivity contribution in [3.63, 3.8) is 0 Å². The van der Waals surface area contributed by atoms with Crippen LogP contribution in [0.1, 0.15) is 34.6 Å². The molecule has 2 aromatic carbocycles. The number of nitrogens with one attached hydrogen (secondary N) is 1. The highest BCUT2D eigenvalue weighted by molar-refractivity contribution is 6.09. The van der Waals surface area contributed by atoms with Crippen molar-refractivity contribution >= 4 is 23.3 Å². The second-order valence-electron chi connectivity index (χ2n) is 5.87. The molecule has 28 heavy (non-hydrogen) atoms. The van der Waals surface area contributed by atoms with Crippen LogP contribution < -0.4 is 5.32 Å². The molecule has 0 fully saturated rings. The zero-order valence-electron chi connectivity index (χ0n) is 15.5. The van der Waals surface area contributed by atoms with Crippen LogP contribution in [0.5, 0.6) is 0 Å². The van der Waals surface area contributed by atoms with Gasteiger partial charge in [-0.25, -0.2) is 8.78 Å². The molecule has 0 bridgehead atoms. The van der Waals surface area contributed by atoms with Crippen molar-refractivity contribution < 1.29 is 23.2 Å². The van der Waals surface area contributed by atoms with Crippen LogP contribution in [0.2, 0.25) is 0 Å². The number of anilines is 1. The number of carbonyl (C=O) groups is 3. The molecule has 0 spiro atoms. The van der Waals surface area contributed by atoms with E-state index in [9.17, 15) is 23.2 Å². The molecule has 2 aromatic rings. The highest BCUT2D eigenvalue weighted by Gasteiger charge is 2.12. The van der Waals surface area contributed by atoms with E-state index in [1.54, 1.807) is 29.2 Å². The Bertz CT molecular complexity index is 904. The van der Waals surface area contributed by atoms with E-state index in [2.05, 4.69) is 5.32 Å². The summed E-state index contributed by atoms with van der Waals surface area (Å²) in [6.07, 6.45) is 1.97. The summed E-state index contributed by atoms with van der Waals surface area (Å²) in [6.45, 7) is 4.99. The standard InChI is InChI=1S/C21H20F2N2O3/c1-3-25(4-2)21(28)14-5-8-16(9-6-14)24-20(27)12-11-19(26)15-7-10-17(22)18(23)13-15/h5-13H,3-4H2,1-2H3,(H,24,27)/b12-11+. The van der Waals surface area contributed by atoms with Crippen molar-refractivity contribution in [1.82, 2.24) is 4.90 Å². The molecule has 0 aliphatic carbocycles. The number of nitrogens with zero attached hydrogens (tertiary/aromatic N) is 1. The van der Waals surface area contributed by atoms with Crippen LogP contribution in [0.4, 0.5) is 14.5 Å². The third-order valence-electron chi connectivity index (χ3n) is 4.04. The minimum atomic E-state index is -1.14. The second kappa shape index (κ2) is 9.55. The molecule has 5 nitrogen and oxygen atoms in total. The summed E-state index contributed by atoms with van der Waals surface area (Å²) in [5.74, 6) is -3.49. The average Bonchev–Trinajstić information content (AvgIpc) is 2.69. The van der Waals surface area contributed by atoms with Crippen molar-refractivity contribution in [3.8, 4) is 0 Å².